The van der Waals surface area contributed by atoms with Gasteiger partial charge in [0, 0.05) is 10.6 Å². The summed E-state index contributed by atoms with van der Waals surface area (Å²) in [6, 6.07) is 8.34. The summed E-state index contributed by atoms with van der Waals surface area (Å²) in [5.74, 6) is 0.910. The molecule has 0 atom stereocenters. The fourth-order valence-corrected chi connectivity index (χ4v) is 1.91. The summed E-state index contributed by atoms with van der Waals surface area (Å²) >= 11 is 11.8. The van der Waals surface area contributed by atoms with E-state index in [2.05, 4.69) is 0 Å². The highest BCUT2D eigenvalue weighted by Gasteiger charge is 2.08. The average molecular weight is 284 g/mol. The number of nitro groups is 1. The third kappa shape index (κ3) is 2.91. The van der Waals surface area contributed by atoms with E-state index in [0.717, 1.165) is 6.20 Å². The average Bonchev–Trinajstić information content (AvgIpc) is 2.75. The van der Waals surface area contributed by atoms with Crippen LogP contribution < -0.4 is 0 Å². The van der Waals surface area contributed by atoms with Crippen LogP contribution in [0.4, 0.5) is 0 Å². The number of benzene rings is 1. The molecule has 2 aromatic rings. The lowest BCUT2D eigenvalue weighted by Gasteiger charge is -2.00. The van der Waals surface area contributed by atoms with Crippen LogP contribution in [0.1, 0.15) is 5.76 Å². The quantitative estimate of drug-likeness (QED) is 0.615. The van der Waals surface area contributed by atoms with Crippen LogP contribution in [0.3, 0.4) is 0 Å². The Hall–Kier alpha value is -1.78. The monoisotopic (exact) mass is 283 g/mol. The molecule has 0 amide bonds. The van der Waals surface area contributed by atoms with Crippen molar-refractivity contribution in [3.05, 3.63) is 62.5 Å². The molecule has 6 heteroatoms. The standard InChI is InChI=1S/C12H7Cl2NO3/c13-8-1-3-10(11(14)7-8)12-4-2-9(18-12)5-6-15(16)17/h1-7H/b6-5-. The largest absolute Gasteiger partial charge is 0.456 e. The van der Waals surface area contributed by atoms with E-state index in [9.17, 15) is 10.1 Å². The van der Waals surface area contributed by atoms with Gasteiger partial charge in [-0.05, 0) is 30.3 Å². The molecule has 2 rings (SSSR count). The van der Waals surface area contributed by atoms with Crippen molar-refractivity contribution in [2.75, 3.05) is 0 Å². The molecule has 0 fully saturated rings. The van der Waals surface area contributed by atoms with Crippen molar-refractivity contribution in [1.29, 1.82) is 0 Å². The lowest BCUT2D eigenvalue weighted by Crippen LogP contribution is -1.81. The summed E-state index contributed by atoms with van der Waals surface area (Å²) in [5.41, 5.74) is 0.682. The molecule has 0 aliphatic carbocycles. The molecule has 0 unspecified atom stereocenters. The highest BCUT2D eigenvalue weighted by atomic mass is 35.5. The first-order valence-electron chi connectivity index (χ1n) is 4.93. The summed E-state index contributed by atoms with van der Waals surface area (Å²) < 4.78 is 5.42. The number of hydrogen-bond acceptors (Lipinski definition) is 3. The summed E-state index contributed by atoms with van der Waals surface area (Å²) in [6.07, 6.45) is 2.08. The fourth-order valence-electron chi connectivity index (χ4n) is 1.41. The van der Waals surface area contributed by atoms with Gasteiger partial charge < -0.3 is 4.42 Å². The van der Waals surface area contributed by atoms with Gasteiger partial charge in [0.1, 0.15) is 11.5 Å². The van der Waals surface area contributed by atoms with Gasteiger partial charge in [-0.15, -0.1) is 0 Å². The summed E-state index contributed by atoms with van der Waals surface area (Å²) in [5, 5.41) is 11.2. The smallest absolute Gasteiger partial charge is 0.238 e. The molecule has 0 saturated carbocycles. The Morgan fingerprint density at radius 2 is 2.00 bits per heavy atom. The van der Waals surface area contributed by atoms with E-state index >= 15 is 0 Å². The first-order valence-corrected chi connectivity index (χ1v) is 5.69. The number of nitrogens with zero attached hydrogens (tertiary/aromatic N) is 1. The minimum absolute atomic E-state index is 0.382. The van der Waals surface area contributed by atoms with E-state index in [1.165, 1.54) is 6.08 Å². The van der Waals surface area contributed by atoms with Gasteiger partial charge in [-0.1, -0.05) is 23.2 Å². The zero-order chi connectivity index (χ0) is 13.1. The van der Waals surface area contributed by atoms with Gasteiger partial charge >= 0.3 is 0 Å². The normalized spacial score (nSPS) is 11.0. The van der Waals surface area contributed by atoms with E-state index in [4.69, 9.17) is 27.6 Å². The predicted octanol–water partition coefficient (Wildman–Crippen LogP) is 4.50. The van der Waals surface area contributed by atoms with Gasteiger partial charge in [0.25, 0.3) is 0 Å². The van der Waals surface area contributed by atoms with Crippen molar-refractivity contribution in [2.45, 2.75) is 0 Å². The van der Waals surface area contributed by atoms with E-state index in [1.807, 2.05) is 0 Å². The minimum Gasteiger partial charge on any atom is -0.456 e. The second-order valence-corrected chi connectivity index (χ2v) is 4.27. The zero-order valence-electron chi connectivity index (χ0n) is 8.97. The Morgan fingerprint density at radius 1 is 1.22 bits per heavy atom. The molecule has 1 aromatic carbocycles. The Morgan fingerprint density at radius 3 is 2.67 bits per heavy atom. The molecular formula is C12H7Cl2NO3. The van der Waals surface area contributed by atoms with E-state index in [1.54, 1.807) is 30.3 Å². The highest BCUT2D eigenvalue weighted by molar-refractivity contribution is 6.36. The Kier molecular flexibility index (Phi) is 3.69. The van der Waals surface area contributed by atoms with Crippen LogP contribution in [0.5, 0.6) is 0 Å². The number of furan rings is 1. The SMILES string of the molecule is O=[N+]([O-])/C=C\c1ccc(-c2ccc(Cl)cc2Cl)o1. The lowest BCUT2D eigenvalue weighted by molar-refractivity contribution is -0.401. The topological polar surface area (TPSA) is 56.3 Å². The molecule has 0 spiro atoms. The van der Waals surface area contributed by atoms with Crippen molar-refractivity contribution in [3.8, 4) is 11.3 Å². The summed E-state index contributed by atoms with van der Waals surface area (Å²) in [6.45, 7) is 0. The van der Waals surface area contributed by atoms with Gasteiger partial charge in [0.05, 0.1) is 16.0 Å². The van der Waals surface area contributed by atoms with E-state index in [-0.39, 0.29) is 0 Å². The number of rotatable bonds is 3. The summed E-state index contributed by atoms with van der Waals surface area (Å²) in [4.78, 5) is 9.62. The van der Waals surface area contributed by atoms with Crippen molar-refractivity contribution >= 4 is 29.3 Å². The Balaban J connectivity index is 2.32. The predicted molar refractivity (Wildman–Crippen MR) is 70.2 cm³/mol. The van der Waals surface area contributed by atoms with Crippen LogP contribution >= 0.6 is 23.2 Å². The van der Waals surface area contributed by atoms with Gasteiger partial charge in [-0.2, -0.15) is 0 Å². The first kappa shape index (κ1) is 12.7. The molecular weight excluding hydrogens is 277 g/mol. The van der Waals surface area contributed by atoms with Crippen LogP contribution in [-0.2, 0) is 0 Å². The second kappa shape index (κ2) is 5.25. The lowest BCUT2D eigenvalue weighted by atomic mass is 10.2. The molecule has 0 aliphatic heterocycles. The number of halogens is 2. The molecule has 0 radical (unpaired) electrons. The summed E-state index contributed by atoms with van der Waals surface area (Å²) in [7, 11) is 0. The first-order chi connectivity index (χ1) is 8.56. The van der Waals surface area contributed by atoms with Crippen LogP contribution in [0.15, 0.2) is 40.9 Å². The minimum atomic E-state index is -0.558. The van der Waals surface area contributed by atoms with Crippen molar-refractivity contribution in [3.63, 3.8) is 0 Å². The van der Waals surface area contributed by atoms with Crippen LogP contribution in [0, 0.1) is 10.1 Å². The molecule has 1 heterocycles. The molecule has 0 N–H and O–H groups in total. The van der Waals surface area contributed by atoms with Crippen LogP contribution in [-0.4, -0.2) is 4.92 Å². The molecule has 1 aromatic heterocycles. The molecule has 0 aliphatic rings. The maximum absolute atomic E-state index is 10.2. The van der Waals surface area contributed by atoms with E-state index < -0.39 is 4.92 Å². The highest BCUT2D eigenvalue weighted by Crippen LogP contribution is 2.31. The third-order valence-electron chi connectivity index (χ3n) is 2.18. The maximum atomic E-state index is 10.2. The van der Waals surface area contributed by atoms with Gasteiger partial charge in [-0.25, -0.2) is 0 Å². The molecule has 18 heavy (non-hydrogen) atoms. The number of hydrogen-bond donors (Lipinski definition) is 0. The molecule has 0 saturated heterocycles. The van der Waals surface area contributed by atoms with Crippen molar-refractivity contribution in [2.24, 2.45) is 0 Å². The van der Waals surface area contributed by atoms with Crippen molar-refractivity contribution in [1.82, 2.24) is 0 Å². The van der Waals surface area contributed by atoms with Gasteiger partial charge in [0.15, 0.2) is 0 Å². The maximum Gasteiger partial charge on any atom is 0.238 e. The van der Waals surface area contributed by atoms with Gasteiger partial charge in [0.2, 0.25) is 6.20 Å². The van der Waals surface area contributed by atoms with Crippen LogP contribution in [0.2, 0.25) is 10.0 Å². The second-order valence-electron chi connectivity index (χ2n) is 3.43. The molecule has 4 nitrogen and oxygen atoms in total. The third-order valence-corrected chi connectivity index (χ3v) is 2.73. The fraction of sp³-hybridized carbons (Fsp3) is 0. The Labute approximate surface area is 113 Å². The Bertz CT molecular complexity index is 620. The van der Waals surface area contributed by atoms with Gasteiger partial charge in [-0.3, -0.25) is 10.1 Å². The van der Waals surface area contributed by atoms with Crippen molar-refractivity contribution < 1.29 is 9.34 Å². The van der Waals surface area contributed by atoms with E-state index in [0.29, 0.717) is 27.1 Å². The molecule has 0 bridgehead atoms. The molecule has 92 valence electrons. The zero-order valence-corrected chi connectivity index (χ0v) is 10.5. The van der Waals surface area contributed by atoms with Crippen LogP contribution in [0.25, 0.3) is 17.4 Å².